The van der Waals surface area contributed by atoms with Crippen LogP contribution in [0.3, 0.4) is 0 Å². The van der Waals surface area contributed by atoms with Gasteiger partial charge in [0, 0.05) is 38.3 Å². The van der Waals surface area contributed by atoms with Crippen molar-refractivity contribution < 1.29 is 4.79 Å². The highest BCUT2D eigenvalue weighted by Gasteiger charge is 2.17. The van der Waals surface area contributed by atoms with Gasteiger partial charge in [-0.1, -0.05) is 18.3 Å². The monoisotopic (exact) mass is 304 g/mol. The number of likely N-dealkylation sites (N-methyl/N-ethyl adjacent to an activating group) is 1. The summed E-state index contributed by atoms with van der Waals surface area (Å²) >= 11 is 1.70. The van der Waals surface area contributed by atoms with Gasteiger partial charge in [-0.15, -0.1) is 0 Å². The molecule has 0 radical (unpaired) electrons. The maximum absolute atomic E-state index is 11.5. The Morgan fingerprint density at radius 1 is 1.33 bits per heavy atom. The summed E-state index contributed by atoms with van der Waals surface area (Å²) in [5.41, 5.74) is 1.85. The Kier molecular flexibility index (Phi) is 4.07. The van der Waals surface area contributed by atoms with Crippen molar-refractivity contribution in [1.29, 1.82) is 0 Å². The minimum atomic E-state index is 0.0400. The summed E-state index contributed by atoms with van der Waals surface area (Å²) in [6.45, 7) is 6.05. The van der Waals surface area contributed by atoms with E-state index in [1.54, 1.807) is 11.3 Å². The molecular formula is C15H20N4OS. The number of amides is 1. The summed E-state index contributed by atoms with van der Waals surface area (Å²) in [7, 11) is 2.15. The van der Waals surface area contributed by atoms with Crippen molar-refractivity contribution in [3.63, 3.8) is 0 Å². The Hall–Kier alpha value is -1.66. The SMILES string of the molecule is CCC(=O)Nc1ccc2nc(N3CCN(C)CC3)sc2c1. The maximum atomic E-state index is 11.5. The second-order valence-electron chi connectivity index (χ2n) is 5.37. The van der Waals surface area contributed by atoms with E-state index in [2.05, 4.69) is 22.2 Å². The number of hydrogen-bond donors (Lipinski definition) is 1. The zero-order valence-corrected chi connectivity index (χ0v) is 13.2. The molecule has 1 N–H and O–H groups in total. The van der Waals surface area contributed by atoms with E-state index < -0.39 is 0 Å². The summed E-state index contributed by atoms with van der Waals surface area (Å²) in [5, 5.41) is 3.98. The van der Waals surface area contributed by atoms with E-state index in [0.717, 1.165) is 47.2 Å². The van der Waals surface area contributed by atoms with Gasteiger partial charge in [-0.2, -0.15) is 0 Å². The van der Waals surface area contributed by atoms with Crippen molar-refractivity contribution in [2.75, 3.05) is 43.4 Å². The second kappa shape index (κ2) is 5.99. The molecule has 1 aliphatic heterocycles. The van der Waals surface area contributed by atoms with Crippen molar-refractivity contribution in [3.8, 4) is 0 Å². The first-order chi connectivity index (χ1) is 10.2. The summed E-state index contributed by atoms with van der Waals surface area (Å²) in [4.78, 5) is 20.9. The molecule has 1 saturated heterocycles. The summed E-state index contributed by atoms with van der Waals surface area (Å²) in [6.07, 6.45) is 0.493. The van der Waals surface area contributed by atoms with Crippen LogP contribution in [0.4, 0.5) is 10.8 Å². The van der Waals surface area contributed by atoms with Gasteiger partial charge < -0.3 is 15.1 Å². The molecule has 6 heteroatoms. The Morgan fingerprint density at radius 2 is 2.10 bits per heavy atom. The lowest BCUT2D eigenvalue weighted by Gasteiger charge is -2.31. The molecule has 1 amide bonds. The lowest BCUT2D eigenvalue weighted by atomic mass is 10.3. The van der Waals surface area contributed by atoms with Crippen LogP contribution in [0.1, 0.15) is 13.3 Å². The third-order valence-corrected chi connectivity index (χ3v) is 4.83. The molecule has 0 aliphatic carbocycles. The van der Waals surface area contributed by atoms with Gasteiger partial charge in [0.05, 0.1) is 10.2 Å². The average Bonchev–Trinajstić information content (AvgIpc) is 2.91. The minimum absolute atomic E-state index is 0.0400. The summed E-state index contributed by atoms with van der Waals surface area (Å²) in [6, 6.07) is 5.92. The molecule has 21 heavy (non-hydrogen) atoms. The molecule has 1 aromatic heterocycles. The van der Waals surface area contributed by atoms with Crippen LogP contribution in [0.5, 0.6) is 0 Å². The zero-order chi connectivity index (χ0) is 14.8. The van der Waals surface area contributed by atoms with Gasteiger partial charge in [0.15, 0.2) is 5.13 Å². The fraction of sp³-hybridized carbons (Fsp3) is 0.467. The van der Waals surface area contributed by atoms with Crippen molar-refractivity contribution in [3.05, 3.63) is 18.2 Å². The van der Waals surface area contributed by atoms with Gasteiger partial charge in [-0.25, -0.2) is 4.98 Å². The van der Waals surface area contributed by atoms with Gasteiger partial charge in [-0.05, 0) is 25.2 Å². The number of nitrogens with zero attached hydrogens (tertiary/aromatic N) is 3. The van der Waals surface area contributed by atoms with Gasteiger partial charge in [0.25, 0.3) is 0 Å². The predicted octanol–water partition coefficient (Wildman–Crippen LogP) is 2.40. The number of aromatic nitrogens is 1. The smallest absolute Gasteiger partial charge is 0.224 e. The molecule has 0 unspecified atom stereocenters. The fourth-order valence-corrected chi connectivity index (χ4v) is 3.43. The first-order valence-electron chi connectivity index (χ1n) is 7.29. The van der Waals surface area contributed by atoms with Gasteiger partial charge >= 0.3 is 0 Å². The minimum Gasteiger partial charge on any atom is -0.345 e. The lowest BCUT2D eigenvalue weighted by Crippen LogP contribution is -2.44. The van der Waals surface area contributed by atoms with E-state index in [4.69, 9.17) is 4.98 Å². The number of benzene rings is 1. The predicted molar refractivity (Wildman–Crippen MR) is 88.3 cm³/mol. The Morgan fingerprint density at radius 3 is 2.81 bits per heavy atom. The topological polar surface area (TPSA) is 48.5 Å². The van der Waals surface area contributed by atoms with Crippen molar-refractivity contribution in [2.45, 2.75) is 13.3 Å². The fourth-order valence-electron chi connectivity index (χ4n) is 2.37. The number of fused-ring (bicyclic) bond motifs is 1. The van der Waals surface area contributed by atoms with Crippen molar-refractivity contribution in [2.24, 2.45) is 0 Å². The molecular weight excluding hydrogens is 284 g/mol. The summed E-state index contributed by atoms with van der Waals surface area (Å²) < 4.78 is 1.12. The van der Waals surface area contributed by atoms with Crippen LogP contribution >= 0.6 is 11.3 Å². The molecule has 2 heterocycles. The van der Waals surface area contributed by atoms with E-state index in [-0.39, 0.29) is 5.91 Å². The third kappa shape index (κ3) is 3.16. The number of carbonyl (C=O) groups excluding carboxylic acids is 1. The standard InChI is InChI=1S/C15H20N4OS/c1-3-14(20)16-11-4-5-12-13(10-11)21-15(17-12)19-8-6-18(2)7-9-19/h4-5,10H,3,6-9H2,1-2H3,(H,16,20). The van der Waals surface area contributed by atoms with Crippen molar-refractivity contribution in [1.82, 2.24) is 9.88 Å². The van der Waals surface area contributed by atoms with E-state index in [1.807, 2.05) is 25.1 Å². The van der Waals surface area contributed by atoms with E-state index in [9.17, 15) is 4.79 Å². The lowest BCUT2D eigenvalue weighted by molar-refractivity contribution is -0.115. The molecule has 1 aromatic carbocycles. The van der Waals surface area contributed by atoms with E-state index in [0.29, 0.717) is 6.42 Å². The molecule has 0 saturated carbocycles. The molecule has 3 rings (SSSR count). The van der Waals surface area contributed by atoms with Crippen LogP contribution in [0.2, 0.25) is 0 Å². The molecule has 1 aliphatic rings. The Bertz CT molecular complexity index is 646. The average molecular weight is 304 g/mol. The Balaban J connectivity index is 1.81. The largest absolute Gasteiger partial charge is 0.345 e. The highest BCUT2D eigenvalue weighted by molar-refractivity contribution is 7.22. The third-order valence-electron chi connectivity index (χ3n) is 3.76. The molecule has 5 nitrogen and oxygen atoms in total. The van der Waals surface area contributed by atoms with Crippen LogP contribution in [0.25, 0.3) is 10.2 Å². The van der Waals surface area contributed by atoms with Crippen molar-refractivity contribution >= 4 is 38.3 Å². The molecule has 112 valence electrons. The maximum Gasteiger partial charge on any atom is 0.224 e. The first kappa shape index (κ1) is 14.3. The van der Waals surface area contributed by atoms with Crippen LogP contribution in [-0.4, -0.2) is 49.0 Å². The highest BCUT2D eigenvalue weighted by atomic mass is 32.1. The van der Waals surface area contributed by atoms with Crippen LogP contribution in [0, 0.1) is 0 Å². The van der Waals surface area contributed by atoms with E-state index >= 15 is 0 Å². The van der Waals surface area contributed by atoms with E-state index in [1.165, 1.54) is 0 Å². The number of rotatable bonds is 3. The number of nitrogens with one attached hydrogen (secondary N) is 1. The van der Waals surface area contributed by atoms with Crippen LogP contribution < -0.4 is 10.2 Å². The molecule has 0 atom stereocenters. The highest BCUT2D eigenvalue weighted by Crippen LogP contribution is 2.31. The number of hydrogen-bond acceptors (Lipinski definition) is 5. The first-order valence-corrected chi connectivity index (χ1v) is 8.11. The van der Waals surface area contributed by atoms with Crippen LogP contribution in [-0.2, 0) is 4.79 Å². The number of thiazole rings is 1. The molecule has 0 spiro atoms. The molecule has 0 bridgehead atoms. The molecule has 2 aromatic rings. The zero-order valence-electron chi connectivity index (χ0n) is 12.4. The number of anilines is 2. The van der Waals surface area contributed by atoms with Crippen LogP contribution in [0.15, 0.2) is 18.2 Å². The van der Waals surface area contributed by atoms with Gasteiger partial charge in [-0.3, -0.25) is 4.79 Å². The molecule has 1 fully saturated rings. The number of piperazine rings is 1. The second-order valence-corrected chi connectivity index (χ2v) is 6.38. The number of carbonyl (C=O) groups is 1. The normalized spacial score (nSPS) is 16.4. The summed E-state index contributed by atoms with van der Waals surface area (Å²) in [5.74, 6) is 0.0400. The Labute approximate surface area is 128 Å². The van der Waals surface area contributed by atoms with Gasteiger partial charge in [0.1, 0.15) is 0 Å². The van der Waals surface area contributed by atoms with Gasteiger partial charge in [0.2, 0.25) is 5.91 Å². The quantitative estimate of drug-likeness (QED) is 0.946.